The minimum absolute atomic E-state index is 0.299. The van der Waals surface area contributed by atoms with E-state index in [1.807, 2.05) is 13.1 Å². The van der Waals surface area contributed by atoms with E-state index in [9.17, 15) is 9.90 Å². The van der Waals surface area contributed by atoms with E-state index in [4.69, 9.17) is 5.73 Å². The smallest absolute Gasteiger partial charge is 0.337 e. The summed E-state index contributed by atoms with van der Waals surface area (Å²) < 4.78 is 0. The number of hydrogen-bond acceptors (Lipinski definition) is 3. The van der Waals surface area contributed by atoms with Gasteiger partial charge in [0.2, 0.25) is 0 Å². The Hall–Kier alpha value is -1.71. The molecule has 1 aromatic rings. The number of benzene rings is 1. The molecule has 4 nitrogen and oxygen atoms in total. The Balaban J connectivity index is 2.32. The van der Waals surface area contributed by atoms with E-state index in [0.29, 0.717) is 23.2 Å². The second-order valence-electron chi connectivity index (χ2n) is 5.71. The summed E-state index contributed by atoms with van der Waals surface area (Å²) in [6.07, 6.45) is 6.03. The van der Waals surface area contributed by atoms with Gasteiger partial charge in [-0.25, -0.2) is 4.79 Å². The number of carboxylic acid groups (broad SMARTS) is 1. The molecule has 2 unspecified atom stereocenters. The van der Waals surface area contributed by atoms with Gasteiger partial charge in [-0.05, 0) is 37.0 Å². The number of rotatable bonds is 4. The monoisotopic (exact) mass is 276 g/mol. The fourth-order valence-corrected chi connectivity index (χ4v) is 3.39. The van der Waals surface area contributed by atoms with E-state index in [0.717, 1.165) is 18.5 Å². The Labute approximate surface area is 120 Å². The summed E-state index contributed by atoms with van der Waals surface area (Å²) in [5.74, 6) is -0.268. The quantitative estimate of drug-likeness (QED) is 0.827. The van der Waals surface area contributed by atoms with Crippen molar-refractivity contribution in [3.8, 4) is 0 Å². The molecule has 0 spiro atoms. The lowest BCUT2D eigenvalue weighted by molar-refractivity contribution is 0.0697. The molecular weight excluding hydrogens is 252 g/mol. The minimum atomic E-state index is -0.914. The van der Waals surface area contributed by atoms with Gasteiger partial charge in [0.1, 0.15) is 0 Å². The number of nitrogen functional groups attached to an aromatic ring is 1. The Bertz CT molecular complexity index is 487. The molecule has 2 atom stereocenters. The van der Waals surface area contributed by atoms with E-state index in [2.05, 4.69) is 11.8 Å². The van der Waals surface area contributed by atoms with Gasteiger partial charge in [-0.3, -0.25) is 0 Å². The van der Waals surface area contributed by atoms with Crippen molar-refractivity contribution in [2.24, 2.45) is 5.92 Å². The molecule has 2 rings (SSSR count). The third-order valence-corrected chi connectivity index (χ3v) is 4.52. The molecule has 0 amide bonds. The fraction of sp³-hybridized carbons (Fsp3) is 0.562. The third-order valence-electron chi connectivity index (χ3n) is 4.52. The van der Waals surface area contributed by atoms with Crippen LogP contribution < -0.4 is 10.6 Å². The van der Waals surface area contributed by atoms with Crippen LogP contribution in [0.5, 0.6) is 0 Å². The minimum Gasteiger partial charge on any atom is -0.478 e. The molecule has 20 heavy (non-hydrogen) atoms. The van der Waals surface area contributed by atoms with Gasteiger partial charge < -0.3 is 15.7 Å². The number of hydrogen-bond donors (Lipinski definition) is 2. The van der Waals surface area contributed by atoms with Crippen LogP contribution in [0.3, 0.4) is 0 Å². The summed E-state index contributed by atoms with van der Waals surface area (Å²) in [5.41, 5.74) is 7.29. The highest BCUT2D eigenvalue weighted by molar-refractivity contribution is 5.95. The van der Waals surface area contributed by atoms with Gasteiger partial charge in [0.05, 0.1) is 11.3 Å². The number of nitrogens with zero attached hydrogens (tertiary/aromatic N) is 1. The second kappa shape index (κ2) is 6.16. The van der Waals surface area contributed by atoms with Crippen molar-refractivity contribution in [3.05, 3.63) is 23.8 Å². The highest BCUT2D eigenvalue weighted by Gasteiger charge is 2.29. The van der Waals surface area contributed by atoms with Crippen LogP contribution in [0.1, 0.15) is 49.4 Å². The van der Waals surface area contributed by atoms with Crippen molar-refractivity contribution in [1.82, 2.24) is 0 Å². The number of nitrogens with two attached hydrogens (primary N) is 1. The molecule has 4 heteroatoms. The van der Waals surface area contributed by atoms with Gasteiger partial charge in [0, 0.05) is 18.8 Å². The van der Waals surface area contributed by atoms with Crippen LogP contribution in [-0.4, -0.2) is 24.2 Å². The van der Waals surface area contributed by atoms with Gasteiger partial charge in [-0.15, -0.1) is 0 Å². The first kappa shape index (κ1) is 14.7. The van der Waals surface area contributed by atoms with Gasteiger partial charge in [-0.2, -0.15) is 0 Å². The molecule has 0 aromatic heterocycles. The normalized spacial score (nSPS) is 22.5. The largest absolute Gasteiger partial charge is 0.478 e. The molecular formula is C16H24N2O2. The number of aromatic carboxylic acids is 1. The van der Waals surface area contributed by atoms with Crippen LogP contribution >= 0.6 is 0 Å². The van der Waals surface area contributed by atoms with E-state index in [1.54, 1.807) is 12.1 Å². The van der Waals surface area contributed by atoms with Gasteiger partial charge >= 0.3 is 5.97 Å². The zero-order valence-electron chi connectivity index (χ0n) is 12.3. The van der Waals surface area contributed by atoms with Crippen molar-refractivity contribution < 1.29 is 9.90 Å². The zero-order chi connectivity index (χ0) is 14.7. The average molecular weight is 276 g/mol. The summed E-state index contributed by atoms with van der Waals surface area (Å²) in [5, 5.41) is 9.38. The SMILES string of the molecule is CCC1CCCCC1N(C)c1ccc(N)cc1C(=O)O. The van der Waals surface area contributed by atoms with Crippen LogP contribution in [0, 0.1) is 5.92 Å². The van der Waals surface area contributed by atoms with Crippen LogP contribution in [0.25, 0.3) is 0 Å². The summed E-state index contributed by atoms with van der Waals surface area (Å²) in [4.78, 5) is 13.6. The summed E-state index contributed by atoms with van der Waals surface area (Å²) in [6.45, 7) is 2.22. The van der Waals surface area contributed by atoms with E-state index in [1.165, 1.54) is 19.3 Å². The topological polar surface area (TPSA) is 66.6 Å². The maximum absolute atomic E-state index is 11.4. The molecule has 1 aliphatic carbocycles. The lowest BCUT2D eigenvalue weighted by Gasteiger charge is -2.39. The first-order valence-electron chi connectivity index (χ1n) is 7.40. The van der Waals surface area contributed by atoms with Crippen LogP contribution in [-0.2, 0) is 0 Å². The standard InChI is InChI=1S/C16H24N2O2/c1-3-11-6-4-5-7-14(11)18(2)15-9-8-12(17)10-13(15)16(19)20/h8-11,14H,3-7,17H2,1-2H3,(H,19,20). The predicted octanol–water partition coefficient (Wildman–Crippen LogP) is 3.37. The Kier molecular flexibility index (Phi) is 4.53. The predicted molar refractivity (Wildman–Crippen MR) is 82.3 cm³/mol. The molecule has 3 N–H and O–H groups in total. The summed E-state index contributed by atoms with van der Waals surface area (Å²) >= 11 is 0. The highest BCUT2D eigenvalue weighted by Crippen LogP contribution is 2.34. The summed E-state index contributed by atoms with van der Waals surface area (Å²) in [6, 6.07) is 5.59. The lowest BCUT2D eigenvalue weighted by Crippen LogP contribution is -2.40. The molecule has 1 aromatic carbocycles. The molecule has 0 saturated heterocycles. The van der Waals surface area contributed by atoms with Crippen molar-refractivity contribution in [2.75, 3.05) is 17.7 Å². The number of carbonyl (C=O) groups is 1. The molecule has 0 bridgehead atoms. The van der Waals surface area contributed by atoms with Crippen molar-refractivity contribution in [1.29, 1.82) is 0 Å². The van der Waals surface area contributed by atoms with Crippen LogP contribution in [0.4, 0.5) is 11.4 Å². The Morgan fingerprint density at radius 3 is 2.75 bits per heavy atom. The van der Waals surface area contributed by atoms with Crippen LogP contribution in [0.2, 0.25) is 0 Å². The van der Waals surface area contributed by atoms with E-state index < -0.39 is 5.97 Å². The Morgan fingerprint density at radius 2 is 2.10 bits per heavy atom. The van der Waals surface area contributed by atoms with E-state index >= 15 is 0 Å². The molecule has 1 fully saturated rings. The third kappa shape index (κ3) is 2.89. The van der Waals surface area contributed by atoms with Crippen molar-refractivity contribution in [2.45, 2.75) is 45.1 Å². The number of anilines is 2. The van der Waals surface area contributed by atoms with Gasteiger partial charge in [0.15, 0.2) is 0 Å². The van der Waals surface area contributed by atoms with Gasteiger partial charge in [0.25, 0.3) is 0 Å². The van der Waals surface area contributed by atoms with Gasteiger partial charge in [-0.1, -0.05) is 26.2 Å². The molecule has 0 radical (unpaired) electrons. The molecule has 0 aliphatic heterocycles. The number of carboxylic acids is 1. The lowest BCUT2D eigenvalue weighted by atomic mass is 9.82. The highest BCUT2D eigenvalue weighted by atomic mass is 16.4. The van der Waals surface area contributed by atoms with E-state index in [-0.39, 0.29) is 0 Å². The molecule has 1 saturated carbocycles. The maximum atomic E-state index is 11.4. The average Bonchev–Trinajstić information content (AvgIpc) is 2.46. The fourth-order valence-electron chi connectivity index (χ4n) is 3.39. The maximum Gasteiger partial charge on any atom is 0.337 e. The van der Waals surface area contributed by atoms with Crippen molar-refractivity contribution >= 4 is 17.3 Å². The molecule has 110 valence electrons. The summed E-state index contributed by atoms with van der Waals surface area (Å²) in [7, 11) is 2.01. The molecule has 1 aliphatic rings. The first-order valence-corrected chi connectivity index (χ1v) is 7.40. The Morgan fingerprint density at radius 1 is 1.40 bits per heavy atom. The van der Waals surface area contributed by atoms with Crippen molar-refractivity contribution in [3.63, 3.8) is 0 Å². The molecule has 0 heterocycles. The van der Waals surface area contributed by atoms with Crippen LogP contribution in [0.15, 0.2) is 18.2 Å². The zero-order valence-corrected chi connectivity index (χ0v) is 12.3. The second-order valence-corrected chi connectivity index (χ2v) is 5.71. The first-order chi connectivity index (χ1) is 9.54.